The Morgan fingerprint density at radius 1 is 1.12 bits per heavy atom. The van der Waals surface area contributed by atoms with E-state index in [-0.39, 0.29) is 11.7 Å². The van der Waals surface area contributed by atoms with Crippen LogP contribution in [0.4, 0.5) is 4.39 Å². The zero-order chi connectivity index (χ0) is 16.9. The van der Waals surface area contributed by atoms with E-state index in [1.807, 2.05) is 4.90 Å². The maximum Gasteiger partial charge on any atom is 0.225 e. The summed E-state index contributed by atoms with van der Waals surface area (Å²) in [5, 5.41) is 10.3. The van der Waals surface area contributed by atoms with Gasteiger partial charge in [0.2, 0.25) is 5.91 Å². The smallest absolute Gasteiger partial charge is 0.225 e. The molecule has 1 amide bonds. The monoisotopic (exact) mass is 334 g/mol. The maximum absolute atomic E-state index is 13.7. The molecule has 1 aromatic rings. The fourth-order valence-corrected chi connectivity index (χ4v) is 3.85. The molecule has 1 N–H and O–H groups in total. The predicted octanol–water partition coefficient (Wildman–Crippen LogP) is 2.58. The average Bonchev–Trinajstić information content (AvgIpc) is 2.63. The van der Waals surface area contributed by atoms with Crippen molar-refractivity contribution in [2.75, 3.05) is 32.7 Å². The third-order valence-electron chi connectivity index (χ3n) is 5.33. The summed E-state index contributed by atoms with van der Waals surface area (Å²) in [6.07, 6.45) is 4.84. The molecular weight excluding hydrogens is 307 g/mol. The summed E-state index contributed by atoms with van der Waals surface area (Å²) < 4.78 is 13.7. The molecule has 1 unspecified atom stereocenters. The number of carbonyl (C=O) groups excluding carboxylic acids is 1. The molecule has 0 radical (unpaired) electrons. The van der Waals surface area contributed by atoms with E-state index in [4.69, 9.17) is 0 Å². The molecule has 1 aromatic carbocycles. The zero-order valence-electron chi connectivity index (χ0n) is 14.2. The van der Waals surface area contributed by atoms with Crippen LogP contribution < -0.4 is 0 Å². The first kappa shape index (κ1) is 17.4. The largest absolute Gasteiger partial charge is 0.387 e. The molecule has 1 saturated heterocycles. The van der Waals surface area contributed by atoms with E-state index in [2.05, 4.69) is 4.90 Å². The van der Waals surface area contributed by atoms with Crippen LogP contribution >= 0.6 is 0 Å². The Labute approximate surface area is 143 Å². The Morgan fingerprint density at radius 2 is 1.79 bits per heavy atom. The van der Waals surface area contributed by atoms with E-state index in [1.54, 1.807) is 18.2 Å². The molecule has 24 heavy (non-hydrogen) atoms. The third-order valence-corrected chi connectivity index (χ3v) is 5.33. The molecule has 0 spiro atoms. The second kappa shape index (κ2) is 8.08. The molecule has 4 nitrogen and oxygen atoms in total. The van der Waals surface area contributed by atoms with Gasteiger partial charge in [0.1, 0.15) is 5.82 Å². The highest BCUT2D eigenvalue weighted by molar-refractivity contribution is 5.79. The summed E-state index contributed by atoms with van der Waals surface area (Å²) in [4.78, 5) is 16.6. The minimum atomic E-state index is -0.827. The fraction of sp³-hybridized carbons (Fsp3) is 0.632. The summed E-state index contributed by atoms with van der Waals surface area (Å²) in [6.45, 7) is 3.30. The highest BCUT2D eigenvalue weighted by Gasteiger charge is 2.29. The lowest BCUT2D eigenvalue weighted by Gasteiger charge is -2.37. The molecule has 0 bridgehead atoms. The standard InChI is InChI=1S/C19H27FN2O2/c20-17-9-5-4-8-16(17)18(23)14-21-10-12-22(13-11-21)19(24)15-6-2-1-3-7-15/h4-5,8-9,15,18,23H,1-3,6-7,10-14H2. The van der Waals surface area contributed by atoms with Gasteiger partial charge in [-0.2, -0.15) is 0 Å². The molecule has 2 fully saturated rings. The first-order valence-electron chi connectivity index (χ1n) is 9.09. The normalized spacial score (nSPS) is 21.7. The van der Waals surface area contributed by atoms with Gasteiger partial charge >= 0.3 is 0 Å². The summed E-state index contributed by atoms with van der Waals surface area (Å²) in [7, 11) is 0. The highest BCUT2D eigenvalue weighted by atomic mass is 19.1. The number of amides is 1. The summed E-state index contributed by atoms with van der Waals surface area (Å²) >= 11 is 0. The molecule has 1 heterocycles. The van der Waals surface area contributed by atoms with Crippen molar-refractivity contribution in [1.29, 1.82) is 0 Å². The van der Waals surface area contributed by atoms with Crippen LogP contribution in [0.5, 0.6) is 0 Å². The number of hydrogen-bond acceptors (Lipinski definition) is 3. The van der Waals surface area contributed by atoms with Crippen molar-refractivity contribution in [2.45, 2.75) is 38.2 Å². The summed E-state index contributed by atoms with van der Waals surface area (Å²) in [5.41, 5.74) is 0.346. The summed E-state index contributed by atoms with van der Waals surface area (Å²) in [5.74, 6) is 0.161. The van der Waals surface area contributed by atoms with Crippen LogP contribution in [0.2, 0.25) is 0 Å². The number of aliphatic hydroxyl groups excluding tert-OH is 1. The number of rotatable bonds is 4. The summed E-state index contributed by atoms with van der Waals surface area (Å²) in [6, 6.07) is 6.37. The predicted molar refractivity (Wildman–Crippen MR) is 91.0 cm³/mol. The van der Waals surface area contributed by atoms with Gasteiger partial charge in [0, 0.05) is 44.2 Å². The fourth-order valence-electron chi connectivity index (χ4n) is 3.85. The van der Waals surface area contributed by atoms with Crippen LogP contribution in [0.1, 0.15) is 43.8 Å². The third kappa shape index (κ3) is 4.14. The van der Waals surface area contributed by atoms with Gasteiger partial charge in [0.05, 0.1) is 6.10 Å². The Bertz CT molecular complexity index is 552. The van der Waals surface area contributed by atoms with Crippen LogP contribution in [-0.4, -0.2) is 53.5 Å². The molecule has 3 rings (SSSR count). The first-order valence-corrected chi connectivity index (χ1v) is 9.09. The number of halogens is 1. The van der Waals surface area contributed by atoms with Crippen molar-refractivity contribution < 1.29 is 14.3 Å². The average molecular weight is 334 g/mol. The van der Waals surface area contributed by atoms with Crippen molar-refractivity contribution in [3.63, 3.8) is 0 Å². The van der Waals surface area contributed by atoms with Crippen molar-refractivity contribution in [1.82, 2.24) is 9.80 Å². The zero-order valence-corrected chi connectivity index (χ0v) is 14.2. The Balaban J connectivity index is 1.48. The van der Waals surface area contributed by atoms with Gasteiger partial charge in [-0.25, -0.2) is 4.39 Å². The molecule has 1 aliphatic heterocycles. The van der Waals surface area contributed by atoms with Crippen molar-refractivity contribution in [3.05, 3.63) is 35.6 Å². The molecule has 1 saturated carbocycles. The molecule has 5 heteroatoms. The van der Waals surface area contributed by atoms with Crippen LogP contribution in [0.15, 0.2) is 24.3 Å². The number of benzene rings is 1. The number of aliphatic hydroxyl groups is 1. The number of β-amino-alcohol motifs (C(OH)–C–C–N with tert-alkyl or cyclic N) is 1. The lowest BCUT2D eigenvalue weighted by molar-refractivity contribution is -0.138. The quantitative estimate of drug-likeness (QED) is 0.920. The van der Waals surface area contributed by atoms with Gasteiger partial charge in [-0.3, -0.25) is 9.69 Å². The van der Waals surface area contributed by atoms with Gasteiger partial charge in [0.25, 0.3) is 0 Å². The minimum Gasteiger partial charge on any atom is -0.387 e. The van der Waals surface area contributed by atoms with Crippen LogP contribution in [0.3, 0.4) is 0 Å². The molecule has 132 valence electrons. The van der Waals surface area contributed by atoms with E-state index in [0.29, 0.717) is 31.1 Å². The lowest BCUT2D eigenvalue weighted by atomic mass is 9.88. The van der Waals surface area contributed by atoms with Crippen molar-refractivity contribution in [3.8, 4) is 0 Å². The number of piperazine rings is 1. The highest BCUT2D eigenvalue weighted by Crippen LogP contribution is 2.26. The Morgan fingerprint density at radius 3 is 2.46 bits per heavy atom. The second-order valence-electron chi connectivity index (χ2n) is 7.00. The molecular formula is C19H27FN2O2. The molecule has 1 atom stereocenters. The van der Waals surface area contributed by atoms with Crippen LogP contribution in [0.25, 0.3) is 0 Å². The van der Waals surface area contributed by atoms with Crippen molar-refractivity contribution >= 4 is 5.91 Å². The van der Waals surface area contributed by atoms with E-state index in [9.17, 15) is 14.3 Å². The molecule has 2 aliphatic rings. The van der Waals surface area contributed by atoms with E-state index in [1.165, 1.54) is 25.3 Å². The van der Waals surface area contributed by atoms with Gasteiger partial charge in [-0.1, -0.05) is 37.5 Å². The van der Waals surface area contributed by atoms with Crippen LogP contribution in [0, 0.1) is 11.7 Å². The van der Waals surface area contributed by atoms with Crippen molar-refractivity contribution in [2.24, 2.45) is 5.92 Å². The maximum atomic E-state index is 13.7. The number of carbonyl (C=O) groups is 1. The van der Waals surface area contributed by atoms with Gasteiger partial charge < -0.3 is 10.0 Å². The minimum absolute atomic E-state index is 0.217. The van der Waals surface area contributed by atoms with E-state index < -0.39 is 6.10 Å². The first-order chi connectivity index (χ1) is 11.6. The van der Waals surface area contributed by atoms with Gasteiger partial charge in [-0.05, 0) is 18.9 Å². The second-order valence-corrected chi connectivity index (χ2v) is 7.00. The number of nitrogens with zero attached hydrogens (tertiary/aromatic N) is 2. The Kier molecular flexibility index (Phi) is 5.85. The molecule has 1 aliphatic carbocycles. The molecule has 0 aromatic heterocycles. The van der Waals surface area contributed by atoms with E-state index >= 15 is 0 Å². The lowest BCUT2D eigenvalue weighted by Crippen LogP contribution is -2.51. The topological polar surface area (TPSA) is 43.8 Å². The van der Waals surface area contributed by atoms with Gasteiger partial charge in [0.15, 0.2) is 0 Å². The van der Waals surface area contributed by atoms with Gasteiger partial charge in [-0.15, -0.1) is 0 Å². The van der Waals surface area contributed by atoms with Crippen LogP contribution in [-0.2, 0) is 4.79 Å². The SMILES string of the molecule is O=C(C1CCCCC1)N1CCN(CC(O)c2ccccc2F)CC1. The van der Waals surface area contributed by atoms with E-state index in [0.717, 1.165) is 25.9 Å². The Hall–Kier alpha value is -1.46. The number of hydrogen-bond donors (Lipinski definition) is 1.